The molecule has 0 radical (unpaired) electrons. The van der Waals surface area contributed by atoms with E-state index in [0.717, 1.165) is 38.9 Å². The average Bonchev–Trinajstić information content (AvgIpc) is 3.39. The number of aromatic nitrogens is 4. The highest BCUT2D eigenvalue weighted by Crippen LogP contribution is 2.57. The van der Waals surface area contributed by atoms with Gasteiger partial charge in [-0.25, -0.2) is 9.67 Å². The van der Waals surface area contributed by atoms with Crippen molar-refractivity contribution in [1.29, 1.82) is 0 Å². The summed E-state index contributed by atoms with van der Waals surface area (Å²) in [5.41, 5.74) is 6.47. The first-order valence-electron chi connectivity index (χ1n) is 14.6. The van der Waals surface area contributed by atoms with Gasteiger partial charge < -0.3 is 15.2 Å². The Bertz CT molecular complexity index is 1610. The SMILES string of the molecule is CCC1CN(Cc2cc(C(CC(=O)NCCO)c3ccc4c(nnn4CC)c3C)ccc2C)S(O)(O)c2cccnc2O1. The van der Waals surface area contributed by atoms with Crippen molar-refractivity contribution in [3.8, 4) is 5.88 Å². The Morgan fingerprint density at radius 3 is 2.74 bits per heavy atom. The van der Waals surface area contributed by atoms with E-state index >= 15 is 0 Å². The molecule has 0 fully saturated rings. The van der Waals surface area contributed by atoms with Crippen molar-refractivity contribution < 1.29 is 23.7 Å². The van der Waals surface area contributed by atoms with E-state index in [0.29, 0.717) is 19.5 Å². The molecule has 4 N–H and O–H groups in total. The molecule has 2 aromatic carbocycles. The van der Waals surface area contributed by atoms with Gasteiger partial charge >= 0.3 is 0 Å². The lowest BCUT2D eigenvalue weighted by atomic mass is 9.84. The number of hydrogen-bond acceptors (Lipinski definition) is 9. The van der Waals surface area contributed by atoms with Gasteiger partial charge in [0.2, 0.25) is 11.8 Å². The molecule has 1 aliphatic heterocycles. The van der Waals surface area contributed by atoms with Gasteiger partial charge in [-0.15, -0.1) is 15.9 Å². The van der Waals surface area contributed by atoms with Crippen LogP contribution in [-0.2, 0) is 17.9 Å². The van der Waals surface area contributed by atoms with E-state index in [2.05, 4.69) is 26.7 Å². The van der Waals surface area contributed by atoms with Crippen LogP contribution in [0.15, 0.2) is 53.6 Å². The van der Waals surface area contributed by atoms with Crippen LogP contribution in [0.2, 0.25) is 0 Å². The number of rotatable bonds is 10. The van der Waals surface area contributed by atoms with Crippen LogP contribution in [0.5, 0.6) is 5.88 Å². The standard InChI is InChI=1S/C31H40N6O5S/c1-5-24-19-36(43(40,41)28-8-7-13-33-31(28)42-24)18-23-16-22(10-9-20(23)3)26(17-29(39)32-14-15-38)25-11-12-27-30(21(25)4)34-35-37(27)6-2/h7-13,16,24,26,38,40-41H,5-6,14-15,17-19H2,1-4H3,(H,32,39). The monoisotopic (exact) mass is 608 g/mol. The third-order valence-corrected chi connectivity index (χ3v) is 10.0. The maximum Gasteiger partial charge on any atom is 0.239 e. The summed E-state index contributed by atoms with van der Waals surface area (Å²) in [5, 5.41) is 20.8. The molecule has 0 saturated heterocycles. The van der Waals surface area contributed by atoms with Crippen molar-refractivity contribution in [2.75, 3.05) is 19.7 Å². The van der Waals surface area contributed by atoms with Crippen molar-refractivity contribution in [2.24, 2.45) is 0 Å². The zero-order valence-corrected chi connectivity index (χ0v) is 25.8. The van der Waals surface area contributed by atoms with Crippen LogP contribution in [0.4, 0.5) is 0 Å². The lowest BCUT2D eigenvalue weighted by molar-refractivity contribution is -0.121. The molecule has 0 bridgehead atoms. The number of hydrogen-bond donors (Lipinski definition) is 4. The normalized spacial score (nSPS) is 18.0. The van der Waals surface area contributed by atoms with E-state index in [1.54, 1.807) is 22.6 Å². The van der Waals surface area contributed by atoms with E-state index in [9.17, 15) is 19.0 Å². The molecular formula is C31H40N6O5S. The quantitative estimate of drug-likeness (QED) is 0.200. The summed E-state index contributed by atoms with van der Waals surface area (Å²) in [7, 11) is -3.38. The summed E-state index contributed by atoms with van der Waals surface area (Å²) in [6.07, 6.45) is 2.17. The molecule has 5 rings (SSSR count). The molecule has 43 heavy (non-hydrogen) atoms. The molecule has 1 amide bonds. The molecule has 0 aliphatic carbocycles. The highest BCUT2D eigenvalue weighted by atomic mass is 32.3. The van der Waals surface area contributed by atoms with Gasteiger partial charge in [-0.05, 0) is 73.2 Å². The Hall–Kier alpha value is -3.55. The second-order valence-electron chi connectivity index (χ2n) is 10.9. The van der Waals surface area contributed by atoms with Gasteiger partial charge in [0.05, 0.1) is 18.7 Å². The Balaban J connectivity index is 1.55. The van der Waals surface area contributed by atoms with Gasteiger partial charge in [0.1, 0.15) is 16.5 Å². The van der Waals surface area contributed by atoms with Crippen LogP contribution in [0.1, 0.15) is 60.4 Å². The van der Waals surface area contributed by atoms with E-state index in [-0.39, 0.29) is 54.8 Å². The number of aliphatic hydroxyl groups is 1. The van der Waals surface area contributed by atoms with Crippen molar-refractivity contribution in [2.45, 2.75) is 70.5 Å². The fourth-order valence-corrected chi connectivity index (χ4v) is 7.20. The van der Waals surface area contributed by atoms with Crippen LogP contribution in [0.25, 0.3) is 11.0 Å². The Morgan fingerprint density at radius 2 is 2.00 bits per heavy atom. The number of aryl methyl sites for hydroxylation is 3. The van der Waals surface area contributed by atoms with Gasteiger partial charge in [-0.3, -0.25) is 13.9 Å². The topological polar surface area (TPSA) is 146 Å². The molecule has 4 aromatic rings. The van der Waals surface area contributed by atoms with E-state index < -0.39 is 10.8 Å². The van der Waals surface area contributed by atoms with E-state index in [4.69, 9.17) is 4.74 Å². The molecule has 2 atom stereocenters. The molecule has 230 valence electrons. The fraction of sp³-hybridized carbons (Fsp3) is 0.419. The van der Waals surface area contributed by atoms with Gasteiger partial charge in [-0.2, -0.15) is 4.31 Å². The summed E-state index contributed by atoms with van der Waals surface area (Å²) in [5.74, 6) is -0.232. The second-order valence-corrected chi connectivity index (χ2v) is 12.9. The van der Waals surface area contributed by atoms with Gasteiger partial charge in [0.25, 0.3) is 0 Å². The third kappa shape index (κ3) is 6.24. The van der Waals surface area contributed by atoms with Crippen molar-refractivity contribution >= 4 is 27.7 Å². The fourth-order valence-electron chi connectivity index (χ4n) is 5.63. The number of carbonyl (C=O) groups is 1. The molecule has 12 heteroatoms. The number of carbonyl (C=O) groups excluding carboxylic acids is 1. The first kappa shape index (κ1) is 30.9. The van der Waals surface area contributed by atoms with Gasteiger partial charge in [-0.1, -0.05) is 36.4 Å². The zero-order valence-electron chi connectivity index (χ0n) is 25.0. The van der Waals surface area contributed by atoms with Gasteiger partial charge in [0, 0.05) is 38.2 Å². The summed E-state index contributed by atoms with van der Waals surface area (Å²) in [6, 6.07) is 13.5. The molecular weight excluding hydrogens is 568 g/mol. The highest BCUT2D eigenvalue weighted by Gasteiger charge is 2.36. The Labute approximate surface area is 253 Å². The van der Waals surface area contributed by atoms with Crippen LogP contribution in [0.3, 0.4) is 0 Å². The molecule has 1 aliphatic rings. The number of nitrogens with one attached hydrogen (secondary N) is 1. The average molecular weight is 609 g/mol. The number of pyridine rings is 1. The Morgan fingerprint density at radius 1 is 1.19 bits per heavy atom. The van der Waals surface area contributed by atoms with E-state index in [1.807, 2.05) is 56.6 Å². The smallest absolute Gasteiger partial charge is 0.239 e. The number of nitrogens with zero attached hydrogens (tertiary/aromatic N) is 5. The van der Waals surface area contributed by atoms with Crippen LogP contribution in [-0.4, -0.2) is 70.2 Å². The minimum Gasteiger partial charge on any atom is -0.472 e. The molecule has 11 nitrogen and oxygen atoms in total. The van der Waals surface area contributed by atoms with Crippen LogP contribution in [0, 0.1) is 13.8 Å². The first-order valence-corrected chi connectivity index (χ1v) is 16.1. The predicted octanol–water partition coefficient (Wildman–Crippen LogP) is 4.79. The molecule has 3 heterocycles. The largest absolute Gasteiger partial charge is 0.472 e. The third-order valence-electron chi connectivity index (χ3n) is 8.14. The summed E-state index contributed by atoms with van der Waals surface area (Å²) < 4.78 is 32.6. The lowest BCUT2D eigenvalue weighted by Gasteiger charge is -2.41. The number of aliphatic hydroxyl groups excluding tert-OH is 1. The molecule has 0 spiro atoms. The van der Waals surface area contributed by atoms with Crippen molar-refractivity contribution in [3.63, 3.8) is 0 Å². The minimum absolute atomic E-state index is 0.139. The van der Waals surface area contributed by atoms with E-state index in [1.165, 1.54) is 0 Å². The Kier molecular flexibility index (Phi) is 9.33. The number of benzene rings is 2. The highest BCUT2D eigenvalue weighted by molar-refractivity contribution is 8.22. The first-order chi connectivity index (χ1) is 20.7. The molecule has 2 aromatic heterocycles. The zero-order chi connectivity index (χ0) is 30.7. The number of amides is 1. The van der Waals surface area contributed by atoms with Crippen molar-refractivity contribution in [3.05, 3.63) is 76.5 Å². The molecule has 2 unspecified atom stereocenters. The number of fused-ring (bicyclic) bond motifs is 2. The maximum absolute atomic E-state index is 13.0. The summed E-state index contributed by atoms with van der Waals surface area (Å²) in [6.45, 7) is 9.33. The lowest BCUT2D eigenvalue weighted by Crippen LogP contribution is -2.34. The summed E-state index contributed by atoms with van der Waals surface area (Å²) >= 11 is 0. The van der Waals surface area contributed by atoms with Crippen LogP contribution < -0.4 is 10.1 Å². The van der Waals surface area contributed by atoms with Crippen LogP contribution >= 0.6 is 10.8 Å². The second kappa shape index (κ2) is 13.0. The van der Waals surface area contributed by atoms with Crippen molar-refractivity contribution in [1.82, 2.24) is 29.6 Å². The minimum atomic E-state index is -3.38. The number of ether oxygens (including phenoxy) is 1. The maximum atomic E-state index is 13.0. The summed E-state index contributed by atoms with van der Waals surface area (Å²) in [4.78, 5) is 17.6. The predicted molar refractivity (Wildman–Crippen MR) is 166 cm³/mol. The molecule has 0 saturated carbocycles. The van der Waals surface area contributed by atoms with Gasteiger partial charge in [0.15, 0.2) is 0 Å².